The van der Waals surface area contributed by atoms with E-state index in [0.717, 1.165) is 56.5 Å². The Balaban J connectivity index is 1.46. The predicted octanol–water partition coefficient (Wildman–Crippen LogP) is 1.40. The molecule has 140 valence electrons. The molecule has 3 saturated carbocycles. The maximum atomic E-state index is 11.7. The summed E-state index contributed by atoms with van der Waals surface area (Å²) >= 11 is 0. The number of amides is 2. The molecule has 3 N–H and O–H groups in total. The van der Waals surface area contributed by atoms with Crippen molar-refractivity contribution in [3.8, 4) is 0 Å². The van der Waals surface area contributed by atoms with Crippen LogP contribution in [0, 0.1) is 5.41 Å². The summed E-state index contributed by atoms with van der Waals surface area (Å²) in [5.74, 6) is -0.460. The van der Waals surface area contributed by atoms with Gasteiger partial charge in [-0.1, -0.05) is 6.92 Å². The Labute approximate surface area is 153 Å². The van der Waals surface area contributed by atoms with E-state index < -0.39 is 5.91 Å². The molecular formula is C19H26N4O3. The standard InChI is InChI=1S/C19H26N4O3/c1-3-15-5-16-14(4-13(6-20-16)17(25)22-26)7-23(15)11-18-8-19(9-18,10-18)21-12(2)24/h4,6,15,26H,3,5,7-11H2,1-2H3,(H,21,24)(H,22,25)/t15-,18?,19?/m0/s1. The number of hydrogen-bond acceptors (Lipinski definition) is 5. The van der Waals surface area contributed by atoms with Crippen LogP contribution in [-0.4, -0.2) is 45.0 Å². The molecular weight excluding hydrogens is 332 g/mol. The number of carbonyl (C=O) groups excluding carboxylic acids is 2. The minimum Gasteiger partial charge on any atom is -0.351 e. The molecule has 0 aromatic carbocycles. The van der Waals surface area contributed by atoms with Crippen molar-refractivity contribution in [1.82, 2.24) is 20.7 Å². The molecule has 4 aliphatic rings. The Hall–Kier alpha value is -1.99. The fourth-order valence-electron chi connectivity index (χ4n) is 5.44. The Kier molecular flexibility index (Phi) is 4.04. The molecule has 0 spiro atoms. The van der Waals surface area contributed by atoms with Gasteiger partial charge < -0.3 is 5.32 Å². The molecule has 1 aromatic rings. The van der Waals surface area contributed by atoms with E-state index in [0.29, 0.717) is 17.0 Å². The summed E-state index contributed by atoms with van der Waals surface area (Å²) < 4.78 is 0. The molecule has 2 bridgehead atoms. The number of nitrogens with one attached hydrogen (secondary N) is 2. The van der Waals surface area contributed by atoms with E-state index in [1.165, 1.54) is 6.20 Å². The zero-order valence-corrected chi connectivity index (χ0v) is 15.3. The predicted molar refractivity (Wildman–Crippen MR) is 94.5 cm³/mol. The third-order valence-corrected chi connectivity index (χ3v) is 6.33. The second-order valence-electron chi connectivity index (χ2n) is 8.43. The van der Waals surface area contributed by atoms with Crippen molar-refractivity contribution >= 4 is 11.8 Å². The zero-order valence-electron chi connectivity index (χ0n) is 15.3. The van der Waals surface area contributed by atoms with Crippen LogP contribution in [0.25, 0.3) is 0 Å². The molecule has 0 unspecified atom stereocenters. The average Bonchev–Trinajstić information content (AvgIpc) is 2.56. The lowest BCUT2D eigenvalue weighted by atomic mass is 9.39. The van der Waals surface area contributed by atoms with E-state index >= 15 is 0 Å². The van der Waals surface area contributed by atoms with Crippen molar-refractivity contribution in [3.05, 3.63) is 29.1 Å². The number of hydrogen-bond donors (Lipinski definition) is 3. The molecule has 0 saturated heterocycles. The molecule has 3 fully saturated rings. The van der Waals surface area contributed by atoms with Crippen LogP contribution in [0.4, 0.5) is 0 Å². The highest BCUT2D eigenvalue weighted by Gasteiger charge is 2.68. The monoisotopic (exact) mass is 358 g/mol. The lowest BCUT2D eigenvalue weighted by molar-refractivity contribution is -0.177. The summed E-state index contributed by atoms with van der Waals surface area (Å²) in [6.45, 7) is 5.61. The summed E-state index contributed by atoms with van der Waals surface area (Å²) in [4.78, 5) is 30.0. The van der Waals surface area contributed by atoms with Crippen molar-refractivity contribution in [2.45, 2.75) is 64.1 Å². The van der Waals surface area contributed by atoms with Gasteiger partial charge in [0.25, 0.3) is 5.91 Å². The van der Waals surface area contributed by atoms with Crippen LogP contribution in [0.15, 0.2) is 12.3 Å². The van der Waals surface area contributed by atoms with E-state index in [2.05, 4.69) is 22.1 Å². The smallest absolute Gasteiger partial charge is 0.276 e. The first-order chi connectivity index (χ1) is 12.4. The maximum absolute atomic E-state index is 11.7. The van der Waals surface area contributed by atoms with Gasteiger partial charge in [0.1, 0.15) is 0 Å². The van der Waals surface area contributed by atoms with E-state index in [1.807, 2.05) is 6.07 Å². The molecule has 1 aromatic heterocycles. The highest BCUT2D eigenvalue weighted by molar-refractivity contribution is 5.93. The molecule has 26 heavy (non-hydrogen) atoms. The second-order valence-corrected chi connectivity index (χ2v) is 8.43. The van der Waals surface area contributed by atoms with Gasteiger partial charge in [0.15, 0.2) is 0 Å². The number of rotatable bonds is 5. The number of fused-ring (bicyclic) bond motifs is 1. The second kappa shape index (κ2) is 6.03. The van der Waals surface area contributed by atoms with Crippen LogP contribution in [0.1, 0.15) is 61.1 Å². The molecule has 2 amide bonds. The summed E-state index contributed by atoms with van der Waals surface area (Å²) in [6, 6.07) is 2.30. The van der Waals surface area contributed by atoms with Gasteiger partial charge >= 0.3 is 0 Å². The van der Waals surface area contributed by atoms with Crippen LogP contribution in [0.3, 0.4) is 0 Å². The lowest BCUT2D eigenvalue weighted by Crippen LogP contribution is -2.77. The van der Waals surface area contributed by atoms with Crippen molar-refractivity contribution in [2.24, 2.45) is 5.41 Å². The minimum absolute atomic E-state index is 0.0647. The number of carbonyl (C=O) groups is 2. The summed E-state index contributed by atoms with van der Waals surface area (Å²) in [5, 5.41) is 12.0. The zero-order chi connectivity index (χ0) is 18.5. The molecule has 1 aliphatic heterocycles. The van der Waals surface area contributed by atoms with Gasteiger partial charge in [-0.3, -0.25) is 24.7 Å². The summed E-state index contributed by atoms with van der Waals surface area (Å²) in [7, 11) is 0. The van der Waals surface area contributed by atoms with Crippen LogP contribution >= 0.6 is 0 Å². The van der Waals surface area contributed by atoms with Crippen LogP contribution in [0.2, 0.25) is 0 Å². The fraction of sp³-hybridized carbons (Fsp3) is 0.632. The normalized spacial score (nSPS) is 32.0. The van der Waals surface area contributed by atoms with E-state index in [4.69, 9.17) is 5.21 Å². The first-order valence-electron chi connectivity index (χ1n) is 9.33. The Bertz CT molecular complexity index is 743. The third-order valence-electron chi connectivity index (χ3n) is 6.33. The van der Waals surface area contributed by atoms with Gasteiger partial charge in [0, 0.05) is 49.9 Å². The highest BCUT2D eigenvalue weighted by atomic mass is 16.5. The van der Waals surface area contributed by atoms with Gasteiger partial charge in [-0.25, -0.2) is 5.48 Å². The highest BCUT2D eigenvalue weighted by Crippen LogP contribution is 2.67. The Morgan fingerprint density at radius 2 is 2.12 bits per heavy atom. The molecule has 2 heterocycles. The summed E-state index contributed by atoms with van der Waals surface area (Å²) in [6.07, 6.45) is 6.71. The van der Waals surface area contributed by atoms with Crippen molar-refractivity contribution < 1.29 is 14.8 Å². The topological polar surface area (TPSA) is 94.6 Å². The van der Waals surface area contributed by atoms with Gasteiger partial charge in [0.05, 0.1) is 5.56 Å². The number of aromatic nitrogens is 1. The molecule has 0 radical (unpaired) electrons. The van der Waals surface area contributed by atoms with Gasteiger partial charge in [-0.05, 0) is 42.7 Å². The van der Waals surface area contributed by atoms with E-state index in [-0.39, 0.29) is 11.4 Å². The molecule has 3 aliphatic carbocycles. The van der Waals surface area contributed by atoms with Gasteiger partial charge in [-0.2, -0.15) is 0 Å². The van der Waals surface area contributed by atoms with E-state index in [9.17, 15) is 9.59 Å². The molecule has 1 atom stereocenters. The number of nitrogens with zero attached hydrogens (tertiary/aromatic N) is 2. The number of hydroxylamine groups is 1. The quantitative estimate of drug-likeness (QED) is 0.546. The first-order valence-corrected chi connectivity index (χ1v) is 9.33. The Morgan fingerprint density at radius 1 is 1.38 bits per heavy atom. The molecule has 5 rings (SSSR count). The SMILES string of the molecule is CC[C@H]1Cc2ncc(C(=O)NO)cc2CN1CC12CC(NC(C)=O)(C1)C2. The van der Waals surface area contributed by atoms with Crippen molar-refractivity contribution in [1.29, 1.82) is 0 Å². The van der Waals surface area contributed by atoms with Crippen molar-refractivity contribution in [3.63, 3.8) is 0 Å². The molecule has 7 nitrogen and oxygen atoms in total. The third kappa shape index (κ3) is 2.79. The summed E-state index contributed by atoms with van der Waals surface area (Å²) in [5.41, 5.74) is 4.58. The largest absolute Gasteiger partial charge is 0.351 e. The van der Waals surface area contributed by atoms with Crippen LogP contribution in [0.5, 0.6) is 0 Å². The molecule has 7 heteroatoms. The Morgan fingerprint density at radius 3 is 2.73 bits per heavy atom. The fourth-order valence-corrected chi connectivity index (χ4v) is 5.44. The van der Waals surface area contributed by atoms with Crippen LogP contribution in [-0.2, 0) is 17.8 Å². The number of pyridine rings is 1. The maximum Gasteiger partial charge on any atom is 0.276 e. The van der Waals surface area contributed by atoms with Crippen LogP contribution < -0.4 is 10.8 Å². The average molecular weight is 358 g/mol. The van der Waals surface area contributed by atoms with Gasteiger partial charge in [0.2, 0.25) is 5.91 Å². The lowest BCUT2D eigenvalue weighted by Gasteiger charge is -2.72. The van der Waals surface area contributed by atoms with Gasteiger partial charge in [-0.15, -0.1) is 0 Å². The van der Waals surface area contributed by atoms with Crippen molar-refractivity contribution in [2.75, 3.05) is 6.54 Å². The first kappa shape index (κ1) is 17.4. The van der Waals surface area contributed by atoms with E-state index in [1.54, 1.807) is 12.4 Å². The minimum atomic E-state index is -0.527.